The third-order valence-corrected chi connectivity index (χ3v) is 1.79. The van der Waals surface area contributed by atoms with Gasteiger partial charge in [0.2, 0.25) is 0 Å². The van der Waals surface area contributed by atoms with Crippen LogP contribution < -0.4 is 0 Å². The molecule has 9 heavy (non-hydrogen) atoms. The summed E-state index contributed by atoms with van der Waals surface area (Å²) in [5.74, 6) is 0.392. The van der Waals surface area contributed by atoms with Crippen molar-refractivity contribution in [2.45, 2.75) is 32.1 Å². The van der Waals surface area contributed by atoms with Gasteiger partial charge in [-0.3, -0.25) is 0 Å². The van der Waals surface area contributed by atoms with Crippen LogP contribution in [0, 0.1) is 17.2 Å². The summed E-state index contributed by atoms with van der Waals surface area (Å²) in [6.07, 6.45) is 6.20. The Balaban J connectivity index is 0.000000640. The summed E-state index contributed by atoms with van der Waals surface area (Å²) in [6.45, 7) is 0. The normalized spacial score (nSPS) is 19.9. The molecule has 0 heterocycles. The van der Waals surface area contributed by atoms with Crippen molar-refractivity contribution < 1.29 is 0 Å². The van der Waals surface area contributed by atoms with Crippen LogP contribution in [0.1, 0.15) is 32.1 Å². The minimum Gasteiger partial charge on any atom is -0.198 e. The molecule has 1 aliphatic carbocycles. The van der Waals surface area contributed by atoms with Gasteiger partial charge in [0, 0.05) is 14.3 Å². The van der Waals surface area contributed by atoms with Crippen molar-refractivity contribution in [1.82, 2.24) is 0 Å². The molecule has 0 spiro atoms. The summed E-state index contributed by atoms with van der Waals surface area (Å²) in [7, 11) is 0. The van der Waals surface area contributed by atoms with Gasteiger partial charge in [0.15, 0.2) is 0 Å². The minimum absolute atomic E-state index is 0. The van der Waals surface area contributed by atoms with Crippen LogP contribution in [-0.2, 0) is 0 Å². The zero-order valence-corrected chi connectivity index (χ0v) is 5.64. The first-order valence-corrected chi connectivity index (χ1v) is 3.33. The van der Waals surface area contributed by atoms with Crippen LogP contribution in [0.3, 0.4) is 0 Å². The lowest BCUT2D eigenvalue weighted by molar-refractivity contribution is 0.427. The molecule has 3 radical (unpaired) electrons. The summed E-state index contributed by atoms with van der Waals surface area (Å²) in [5.41, 5.74) is 0. The number of nitrogens with zero attached hydrogens (tertiary/aromatic N) is 1. The molecule has 0 aliphatic heterocycles. The van der Waals surface area contributed by atoms with E-state index in [0.717, 1.165) is 12.8 Å². The van der Waals surface area contributed by atoms with Crippen molar-refractivity contribution in [1.29, 1.82) is 5.26 Å². The third kappa shape index (κ3) is 2.55. The third-order valence-electron chi connectivity index (χ3n) is 1.79. The molecule has 1 aliphatic rings. The van der Waals surface area contributed by atoms with Crippen molar-refractivity contribution in [2.24, 2.45) is 5.92 Å². The van der Waals surface area contributed by atoms with Gasteiger partial charge in [0.25, 0.3) is 0 Å². The van der Waals surface area contributed by atoms with Crippen molar-refractivity contribution >= 4 is 8.41 Å². The average Bonchev–Trinajstić information content (AvgIpc) is 1.90. The molecular formula is C7H11BN. The molecule has 0 aromatic rings. The van der Waals surface area contributed by atoms with Crippen molar-refractivity contribution in [3.8, 4) is 6.07 Å². The van der Waals surface area contributed by atoms with Gasteiger partial charge in [-0.2, -0.15) is 5.26 Å². The first kappa shape index (κ1) is 8.55. The summed E-state index contributed by atoms with van der Waals surface area (Å²) in [4.78, 5) is 0. The maximum atomic E-state index is 8.44. The maximum absolute atomic E-state index is 8.44. The Hall–Kier alpha value is -0.445. The number of rotatable bonds is 0. The first-order chi connectivity index (χ1) is 3.93. The lowest BCUT2D eigenvalue weighted by Crippen LogP contribution is -2.02. The predicted molar refractivity (Wildman–Crippen MR) is 37.9 cm³/mol. The van der Waals surface area contributed by atoms with E-state index in [1.807, 2.05) is 0 Å². The van der Waals surface area contributed by atoms with Crippen LogP contribution in [0.25, 0.3) is 0 Å². The van der Waals surface area contributed by atoms with Gasteiger partial charge in [0.1, 0.15) is 0 Å². The van der Waals surface area contributed by atoms with Gasteiger partial charge in [-0.25, -0.2) is 0 Å². The number of hydrogen-bond donors (Lipinski definition) is 0. The molecule has 0 bridgehead atoms. The van der Waals surface area contributed by atoms with Gasteiger partial charge in [-0.1, -0.05) is 19.3 Å². The molecule has 1 fully saturated rings. The Kier molecular flexibility index (Phi) is 4.22. The number of nitriles is 1. The summed E-state index contributed by atoms with van der Waals surface area (Å²) in [6, 6.07) is 2.30. The highest BCUT2D eigenvalue weighted by molar-refractivity contribution is 5.75. The topological polar surface area (TPSA) is 23.8 Å². The molecule has 0 N–H and O–H groups in total. The van der Waals surface area contributed by atoms with E-state index in [0.29, 0.717) is 5.92 Å². The fourth-order valence-electron chi connectivity index (χ4n) is 1.23. The Morgan fingerprint density at radius 3 is 2.00 bits per heavy atom. The number of hydrogen-bond acceptors (Lipinski definition) is 1. The Morgan fingerprint density at radius 1 is 1.11 bits per heavy atom. The van der Waals surface area contributed by atoms with Gasteiger partial charge in [-0.15, -0.1) is 0 Å². The van der Waals surface area contributed by atoms with E-state index < -0.39 is 0 Å². The quantitative estimate of drug-likeness (QED) is 0.446. The molecule has 0 saturated heterocycles. The van der Waals surface area contributed by atoms with Crippen molar-refractivity contribution in [3.05, 3.63) is 0 Å². The monoisotopic (exact) mass is 120 g/mol. The van der Waals surface area contributed by atoms with Crippen LogP contribution in [0.4, 0.5) is 0 Å². The van der Waals surface area contributed by atoms with Gasteiger partial charge >= 0.3 is 0 Å². The molecule has 0 unspecified atom stereocenters. The second-order valence-corrected chi connectivity index (χ2v) is 2.46. The van der Waals surface area contributed by atoms with Gasteiger partial charge < -0.3 is 0 Å². The molecule has 1 rings (SSSR count). The van der Waals surface area contributed by atoms with Crippen molar-refractivity contribution in [2.75, 3.05) is 0 Å². The molecule has 0 atom stereocenters. The minimum atomic E-state index is 0. The fraction of sp³-hybridized carbons (Fsp3) is 0.857. The molecule has 47 valence electrons. The lowest BCUT2D eigenvalue weighted by atomic mass is 9.91. The molecule has 0 aromatic heterocycles. The van der Waals surface area contributed by atoms with Crippen LogP contribution in [-0.4, -0.2) is 8.41 Å². The van der Waals surface area contributed by atoms with E-state index >= 15 is 0 Å². The Bertz CT molecular complexity index is 100.0. The zero-order chi connectivity index (χ0) is 5.82. The molecule has 0 amide bonds. The van der Waals surface area contributed by atoms with Crippen LogP contribution in [0.2, 0.25) is 0 Å². The molecule has 0 aromatic carbocycles. The predicted octanol–water partition coefficient (Wildman–Crippen LogP) is 1.71. The Morgan fingerprint density at radius 2 is 1.67 bits per heavy atom. The van der Waals surface area contributed by atoms with Gasteiger partial charge in [0.05, 0.1) is 6.07 Å². The highest BCUT2D eigenvalue weighted by Crippen LogP contribution is 2.22. The molecule has 1 nitrogen and oxygen atoms in total. The molecule has 1 saturated carbocycles. The van der Waals surface area contributed by atoms with Crippen molar-refractivity contribution in [3.63, 3.8) is 0 Å². The van der Waals surface area contributed by atoms with E-state index in [4.69, 9.17) is 5.26 Å². The SMILES string of the molecule is N#CC1CCCCC1.[B]. The van der Waals surface area contributed by atoms with Crippen LogP contribution in [0.5, 0.6) is 0 Å². The van der Waals surface area contributed by atoms with E-state index in [-0.39, 0.29) is 8.41 Å². The first-order valence-electron chi connectivity index (χ1n) is 3.33. The summed E-state index contributed by atoms with van der Waals surface area (Å²) in [5, 5.41) is 8.44. The zero-order valence-electron chi connectivity index (χ0n) is 5.64. The van der Waals surface area contributed by atoms with E-state index in [2.05, 4.69) is 6.07 Å². The summed E-state index contributed by atoms with van der Waals surface area (Å²) >= 11 is 0. The maximum Gasteiger partial charge on any atom is 0.0655 e. The van der Waals surface area contributed by atoms with E-state index in [9.17, 15) is 0 Å². The van der Waals surface area contributed by atoms with E-state index in [1.54, 1.807) is 0 Å². The van der Waals surface area contributed by atoms with Crippen LogP contribution in [0.15, 0.2) is 0 Å². The van der Waals surface area contributed by atoms with E-state index in [1.165, 1.54) is 19.3 Å². The standard InChI is InChI=1S/C7H11N.B/c8-6-7-4-2-1-3-5-7;/h7H,1-5H2;. The van der Waals surface area contributed by atoms with Gasteiger partial charge in [-0.05, 0) is 12.8 Å². The second-order valence-electron chi connectivity index (χ2n) is 2.46. The van der Waals surface area contributed by atoms with Crippen LogP contribution >= 0.6 is 0 Å². The highest BCUT2D eigenvalue weighted by atomic mass is 14.3. The molecule has 2 heteroatoms. The highest BCUT2D eigenvalue weighted by Gasteiger charge is 2.10. The lowest BCUT2D eigenvalue weighted by Gasteiger charge is -2.13. The Labute approximate surface area is 58.6 Å². The summed E-state index contributed by atoms with van der Waals surface area (Å²) < 4.78 is 0. The smallest absolute Gasteiger partial charge is 0.0655 e. The largest absolute Gasteiger partial charge is 0.198 e. The fourth-order valence-corrected chi connectivity index (χ4v) is 1.23. The second kappa shape index (κ2) is 4.44. The molecular weight excluding hydrogens is 109 g/mol. The average molecular weight is 120 g/mol.